The van der Waals surface area contributed by atoms with Crippen LogP contribution in [0.3, 0.4) is 0 Å². The topological polar surface area (TPSA) is 43.1 Å². The van der Waals surface area contributed by atoms with Gasteiger partial charge in [-0.3, -0.25) is 4.79 Å². The molecule has 0 aromatic rings. The summed E-state index contributed by atoms with van der Waals surface area (Å²) in [4.78, 5) is 11.2. The van der Waals surface area contributed by atoms with E-state index in [9.17, 15) is 4.79 Å². The van der Waals surface area contributed by atoms with Crippen molar-refractivity contribution in [3.8, 4) is 0 Å². The number of hydrogen-bond acceptors (Lipinski definition) is 2. The van der Waals surface area contributed by atoms with Crippen molar-refractivity contribution >= 4 is 5.78 Å². The van der Waals surface area contributed by atoms with Crippen LogP contribution in [0, 0.1) is 0 Å². The molecule has 0 aromatic carbocycles. The predicted octanol–water partition coefficient (Wildman–Crippen LogP) is 2.43. The maximum atomic E-state index is 11.2. The minimum atomic E-state index is 0.368. The lowest BCUT2D eigenvalue weighted by molar-refractivity contribution is -0.119. The highest BCUT2D eigenvalue weighted by Crippen LogP contribution is 2.05. The first-order chi connectivity index (χ1) is 6.31. The number of carbonyl (C=O) groups excluding carboxylic acids is 1. The monoisotopic (exact) mass is 183 g/mol. The van der Waals surface area contributed by atoms with Crippen molar-refractivity contribution in [3.05, 3.63) is 12.7 Å². The van der Waals surface area contributed by atoms with Gasteiger partial charge in [0.1, 0.15) is 5.78 Å². The number of unbranched alkanes of at least 4 members (excludes halogenated alkanes) is 3. The number of hydrogen-bond donors (Lipinski definition) is 1. The summed E-state index contributed by atoms with van der Waals surface area (Å²) in [5.41, 5.74) is 5.36. The van der Waals surface area contributed by atoms with Crippen LogP contribution >= 0.6 is 0 Å². The highest BCUT2D eigenvalue weighted by atomic mass is 16.1. The maximum Gasteiger partial charge on any atom is 0.133 e. The number of carbonyl (C=O) groups is 1. The Morgan fingerprint density at radius 2 is 1.85 bits per heavy atom. The lowest BCUT2D eigenvalue weighted by Gasteiger charge is -1.99. The molecule has 0 unspecified atom stereocenters. The molecule has 0 aliphatic rings. The van der Waals surface area contributed by atoms with Crippen LogP contribution < -0.4 is 5.73 Å². The van der Waals surface area contributed by atoms with Crippen LogP contribution in [0.25, 0.3) is 0 Å². The summed E-state index contributed by atoms with van der Waals surface area (Å²) < 4.78 is 0. The second kappa shape index (κ2) is 9.46. The van der Waals surface area contributed by atoms with Gasteiger partial charge in [0, 0.05) is 12.8 Å². The molecule has 0 bridgehead atoms. The van der Waals surface area contributed by atoms with Crippen LogP contribution in [0.4, 0.5) is 0 Å². The third-order valence-electron chi connectivity index (χ3n) is 2.04. The third-order valence-corrected chi connectivity index (χ3v) is 2.04. The summed E-state index contributed by atoms with van der Waals surface area (Å²) in [6.45, 7) is 4.36. The Morgan fingerprint density at radius 1 is 1.15 bits per heavy atom. The van der Waals surface area contributed by atoms with E-state index in [4.69, 9.17) is 5.73 Å². The van der Waals surface area contributed by atoms with E-state index in [2.05, 4.69) is 6.58 Å². The van der Waals surface area contributed by atoms with Crippen LogP contribution in [-0.2, 0) is 4.79 Å². The second-order valence-corrected chi connectivity index (χ2v) is 3.32. The first kappa shape index (κ1) is 12.4. The zero-order valence-corrected chi connectivity index (χ0v) is 8.43. The molecular weight excluding hydrogens is 162 g/mol. The Labute approximate surface area is 81.2 Å². The molecule has 0 saturated carbocycles. The van der Waals surface area contributed by atoms with Gasteiger partial charge in [0.15, 0.2) is 0 Å². The van der Waals surface area contributed by atoms with Gasteiger partial charge in [0.2, 0.25) is 0 Å². The highest BCUT2D eigenvalue weighted by Gasteiger charge is 1.99. The third kappa shape index (κ3) is 9.28. The van der Waals surface area contributed by atoms with Crippen molar-refractivity contribution in [3.63, 3.8) is 0 Å². The standard InChI is InChI=1S/C11H21NO/c1-2-3-8-11(13)9-6-4-5-7-10-12/h2H,1,3-10,12H2. The summed E-state index contributed by atoms with van der Waals surface area (Å²) in [6.07, 6.45) is 8.42. The molecule has 2 N–H and O–H groups in total. The first-order valence-electron chi connectivity index (χ1n) is 5.14. The summed E-state index contributed by atoms with van der Waals surface area (Å²) in [5.74, 6) is 0.368. The summed E-state index contributed by atoms with van der Waals surface area (Å²) in [6, 6.07) is 0. The summed E-state index contributed by atoms with van der Waals surface area (Å²) >= 11 is 0. The largest absolute Gasteiger partial charge is 0.330 e. The lowest BCUT2D eigenvalue weighted by Crippen LogP contribution is -1.99. The highest BCUT2D eigenvalue weighted by molar-refractivity contribution is 5.78. The number of ketones is 1. The minimum absolute atomic E-state index is 0.368. The number of rotatable bonds is 9. The van der Waals surface area contributed by atoms with E-state index in [0.717, 1.165) is 45.1 Å². The SMILES string of the molecule is C=CCCC(=O)CCCCCCN. The Balaban J connectivity index is 3.12. The van der Waals surface area contributed by atoms with E-state index in [0.29, 0.717) is 12.2 Å². The smallest absolute Gasteiger partial charge is 0.133 e. The molecular formula is C11H21NO. The van der Waals surface area contributed by atoms with E-state index < -0.39 is 0 Å². The molecule has 0 atom stereocenters. The van der Waals surface area contributed by atoms with Crippen LogP contribution in [0.1, 0.15) is 44.9 Å². The fraction of sp³-hybridized carbons (Fsp3) is 0.727. The average molecular weight is 183 g/mol. The summed E-state index contributed by atoms with van der Waals surface area (Å²) in [7, 11) is 0. The molecule has 0 heterocycles. The fourth-order valence-corrected chi connectivity index (χ4v) is 1.21. The molecule has 0 aromatic heterocycles. The van der Waals surface area contributed by atoms with Gasteiger partial charge in [0.05, 0.1) is 0 Å². The van der Waals surface area contributed by atoms with E-state index in [1.165, 1.54) is 0 Å². The molecule has 0 radical (unpaired) electrons. The second-order valence-electron chi connectivity index (χ2n) is 3.32. The van der Waals surface area contributed by atoms with Crippen molar-refractivity contribution in [2.24, 2.45) is 5.73 Å². The minimum Gasteiger partial charge on any atom is -0.330 e. The predicted molar refractivity (Wildman–Crippen MR) is 56.6 cm³/mol. The molecule has 0 aliphatic heterocycles. The van der Waals surface area contributed by atoms with Gasteiger partial charge in [0.25, 0.3) is 0 Å². The zero-order chi connectivity index (χ0) is 9.94. The van der Waals surface area contributed by atoms with E-state index in [1.807, 2.05) is 0 Å². The molecule has 0 spiro atoms. The fourth-order valence-electron chi connectivity index (χ4n) is 1.21. The van der Waals surface area contributed by atoms with Crippen molar-refractivity contribution < 1.29 is 4.79 Å². The van der Waals surface area contributed by atoms with Gasteiger partial charge >= 0.3 is 0 Å². The molecule has 0 saturated heterocycles. The van der Waals surface area contributed by atoms with Gasteiger partial charge in [-0.05, 0) is 25.8 Å². The van der Waals surface area contributed by atoms with Crippen molar-refractivity contribution in [2.75, 3.05) is 6.54 Å². The number of nitrogens with two attached hydrogens (primary N) is 1. The first-order valence-corrected chi connectivity index (χ1v) is 5.14. The lowest BCUT2D eigenvalue weighted by atomic mass is 10.1. The molecule has 0 fully saturated rings. The molecule has 0 amide bonds. The van der Waals surface area contributed by atoms with Crippen LogP contribution in [0.2, 0.25) is 0 Å². The number of allylic oxidation sites excluding steroid dienone is 1. The molecule has 13 heavy (non-hydrogen) atoms. The number of Topliss-reactive ketones (excluding diaryl/α,β-unsaturated/α-hetero) is 1. The van der Waals surface area contributed by atoms with Crippen molar-refractivity contribution in [1.82, 2.24) is 0 Å². The van der Waals surface area contributed by atoms with E-state index >= 15 is 0 Å². The van der Waals surface area contributed by atoms with Gasteiger partial charge in [-0.1, -0.05) is 18.9 Å². The van der Waals surface area contributed by atoms with Gasteiger partial charge in [-0.2, -0.15) is 0 Å². The van der Waals surface area contributed by atoms with Crippen molar-refractivity contribution in [1.29, 1.82) is 0 Å². The normalized spacial score (nSPS) is 9.92. The Hall–Kier alpha value is -0.630. The van der Waals surface area contributed by atoms with Gasteiger partial charge in [-0.25, -0.2) is 0 Å². The van der Waals surface area contributed by atoms with Gasteiger partial charge < -0.3 is 5.73 Å². The average Bonchev–Trinajstić information content (AvgIpc) is 2.14. The molecule has 76 valence electrons. The van der Waals surface area contributed by atoms with E-state index in [-0.39, 0.29) is 0 Å². The Kier molecular flexibility index (Phi) is 9.00. The Morgan fingerprint density at radius 3 is 2.46 bits per heavy atom. The molecule has 2 heteroatoms. The molecule has 0 rings (SSSR count). The van der Waals surface area contributed by atoms with Crippen LogP contribution in [0.5, 0.6) is 0 Å². The molecule has 2 nitrogen and oxygen atoms in total. The van der Waals surface area contributed by atoms with E-state index in [1.54, 1.807) is 6.08 Å². The zero-order valence-electron chi connectivity index (χ0n) is 8.43. The molecule has 0 aliphatic carbocycles. The van der Waals surface area contributed by atoms with Crippen molar-refractivity contribution in [2.45, 2.75) is 44.9 Å². The Bertz CT molecular complexity index is 143. The van der Waals surface area contributed by atoms with Crippen LogP contribution in [-0.4, -0.2) is 12.3 Å². The van der Waals surface area contributed by atoms with Gasteiger partial charge in [-0.15, -0.1) is 6.58 Å². The maximum absolute atomic E-state index is 11.2. The van der Waals surface area contributed by atoms with Crippen LogP contribution in [0.15, 0.2) is 12.7 Å². The quantitative estimate of drug-likeness (QED) is 0.440. The summed E-state index contributed by atoms with van der Waals surface area (Å²) in [5, 5.41) is 0.